The van der Waals surface area contributed by atoms with E-state index in [0.717, 1.165) is 11.6 Å². The molecule has 0 aliphatic rings. The van der Waals surface area contributed by atoms with E-state index in [1.807, 2.05) is 0 Å². The number of nitrogens with one attached hydrogen (secondary N) is 2. The molecule has 0 fully saturated rings. The second-order valence-corrected chi connectivity index (χ2v) is 5.48. The number of ether oxygens (including phenoxy) is 2. The standard InChI is InChI=1S/C18H19N3O6/c1-19-17(22)8-11-4-6-12(7-5-11)20-18(23)13-9-15(26-2)16(27-3)10-14(13)21(24)25/h4-7,9-10H,8H2,1-3H3,(H,19,22)(H,20,23). The third-order valence-corrected chi connectivity index (χ3v) is 3.80. The highest BCUT2D eigenvalue weighted by molar-refractivity contribution is 6.07. The molecule has 0 atom stereocenters. The first-order valence-electron chi connectivity index (χ1n) is 7.90. The van der Waals surface area contributed by atoms with Gasteiger partial charge in [-0.1, -0.05) is 12.1 Å². The van der Waals surface area contributed by atoms with E-state index >= 15 is 0 Å². The van der Waals surface area contributed by atoms with Gasteiger partial charge in [0, 0.05) is 18.8 Å². The number of rotatable bonds is 7. The van der Waals surface area contributed by atoms with Crippen molar-refractivity contribution in [1.29, 1.82) is 0 Å². The Hall–Kier alpha value is -3.62. The minimum absolute atomic E-state index is 0.132. The molecule has 0 radical (unpaired) electrons. The fourth-order valence-electron chi connectivity index (χ4n) is 2.38. The van der Waals surface area contributed by atoms with Crippen molar-refractivity contribution in [2.75, 3.05) is 26.6 Å². The lowest BCUT2D eigenvalue weighted by atomic mass is 10.1. The first kappa shape index (κ1) is 19.7. The number of nitro groups is 1. The number of nitrogens with zero attached hydrogens (tertiary/aromatic N) is 1. The molecule has 27 heavy (non-hydrogen) atoms. The van der Waals surface area contributed by atoms with E-state index in [4.69, 9.17) is 9.47 Å². The Kier molecular flexibility index (Phi) is 6.32. The predicted molar refractivity (Wildman–Crippen MR) is 98.4 cm³/mol. The van der Waals surface area contributed by atoms with E-state index in [9.17, 15) is 19.7 Å². The van der Waals surface area contributed by atoms with Gasteiger partial charge in [0.05, 0.1) is 31.6 Å². The number of carbonyl (C=O) groups excluding carboxylic acids is 2. The summed E-state index contributed by atoms with van der Waals surface area (Å²) in [5, 5.41) is 16.4. The quantitative estimate of drug-likeness (QED) is 0.567. The smallest absolute Gasteiger partial charge is 0.286 e. The number of anilines is 1. The Morgan fingerprint density at radius 1 is 1.07 bits per heavy atom. The van der Waals surface area contributed by atoms with Gasteiger partial charge in [0.25, 0.3) is 11.6 Å². The lowest BCUT2D eigenvalue weighted by Gasteiger charge is -2.11. The highest BCUT2D eigenvalue weighted by Crippen LogP contribution is 2.34. The second kappa shape index (κ2) is 8.65. The molecular formula is C18H19N3O6. The van der Waals surface area contributed by atoms with Gasteiger partial charge in [-0.15, -0.1) is 0 Å². The van der Waals surface area contributed by atoms with Gasteiger partial charge in [0.2, 0.25) is 5.91 Å². The van der Waals surface area contributed by atoms with Gasteiger partial charge in [-0.25, -0.2) is 0 Å². The van der Waals surface area contributed by atoms with Crippen LogP contribution in [0.25, 0.3) is 0 Å². The molecule has 0 aliphatic carbocycles. The van der Waals surface area contributed by atoms with Crippen molar-refractivity contribution in [2.24, 2.45) is 0 Å². The average Bonchev–Trinajstić information content (AvgIpc) is 2.67. The van der Waals surface area contributed by atoms with Crippen LogP contribution in [-0.4, -0.2) is 38.0 Å². The topological polar surface area (TPSA) is 120 Å². The minimum atomic E-state index is -0.665. The van der Waals surface area contributed by atoms with E-state index in [-0.39, 0.29) is 29.4 Å². The average molecular weight is 373 g/mol. The molecule has 0 unspecified atom stereocenters. The van der Waals surface area contributed by atoms with Gasteiger partial charge < -0.3 is 20.1 Å². The van der Waals surface area contributed by atoms with Gasteiger partial charge in [0.1, 0.15) is 5.56 Å². The maximum absolute atomic E-state index is 12.5. The van der Waals surface area contributed by atoms with Gasteiger partial charge in [-0.2, -0.15) is 0 Å². The van der Waals surface area contributed by atoms with E-state index in [0.29, 0.717) is 5.69 Å². The molecule has 0 aliphatic heterocycles. The van der Waals surface area contributed by atoms with E-state index in [1.165, 1.54) is 20.3 Å². The van der Waals surface area contributed by atoms with Crippen LogP contribution in [0.4, 0.5) is 11.4 Å². The Morgan fingerprint density at radius 2 is 1.67 bits per heavy atom. The number of nitro benzene ring substituents is 1. The largest absolute Gasteiger partial charge is 0.493 e. The number of hydrogen-bond donors (Lipinski definition) is 2. The second-order valence-electron chi connectivity index (χ2n) is 5.48. The zero-order valence-corrected chi connectivity index (χ0v) is 15.1. The first-order chi connectivity index (χ1) is 12.9. The van der Waals surface area contributed by atoms with Crippen molar-refractivity contribution >= 4 is 23.2 Å². The van der Waals surface area contributed by atoms with E-state index in [2.05, 4.69) is 10.6 Å². The molecule has 142 valence electrons. The minimum Gasteiger partial charge on any atom is -0.493 e. The Bertz CT molecular complexity index is 864. The summed E-state index contributed by atoms with van der Waals surface area (Å²) in [4.78, 5) is 34.6. The molecule has 9 heteroatoms. The number of hydrogen-bond acceptors (Lipinski definition) is 6. The number of carbonyl (C=O) groups is 2. The van der Waals surface area contributed by atoms with Crippen LogP contribution in [0.2, 0.25) is 0 Å². The Balaban J connectivity index is 2.27. The fraction of sp³-hybridized carbons (Fsp3) is 0.222. The summed E-state index contributed by atoms with van der Waals surface area (Å²) in [5.41, 5.74) is 0.641. The summed E-state index contributed by atoms with van der Waals surface area (Å²) in [6.07, 6.45) is 0.214. The predicted octanol–water partition coefficient (Wildman–Crippen LogP) is 2.15. The van der Waals surface area contributed by atoms with Gasteiger partial charge in [-0.05, 0) is 17.7 Å². The third-order valence-electron chi connectivity index (χ3n) is 3.80. The van der Waals surface area contributed by atoms with Crippen molar-refractivity contribution in [3.05, 3.63) is 57.6 Å². The summed E-state index contributed by atoms with van der Waals surface area (Å²) in [6.45, 7) is 0. The molecule has 2 amide bonds. The van der Waals surface area contributed by atoms with Crippen LogP contribution in [0.15, 0.2) is 36.4 Å². The lowest BCUT2D eigenvalue weighted by Crippen LogP contribution is -2.20. The molecule has 2 aromatic rings. The van der Waals surface area contributed by atoms with E-state index in [1.54, 1.807) is 31.3 Å². The van der Waals surface area contributed by atoms with Crippen LogP contribution in [0.3, 0.4) is 0 Å². The molecule has 0 aromatic heterocycles. The molecule has 9 nitrogen and oxygen atoms in total. The summed E-state index contributed by atoms with van der Waals surface area (Å²) in [6, 6.07) is 9.00. The van der Waals surface area contributed by atoms with Gasteiger partial charge >= 0.3 is 0 Å². The number of likely N-dealkylation sites (N-methyl/N-ethyl adjacent to an activating group) is 1. The SMILES string of the molecule is CNC(=O)Cc1ccc(NC(=O)c2cc(OC)c(OC)cc2[N+](=O)[O-])cc1. The summed E-state index contributed by atoms with van der Waals surface area (Å²) in [5.74, 6) is -0.442. The molecule has 2 N–H and O–H groups in total. The molecular weight excluding hydrogens is 354 g/mol. The molecule has 0 bridgehead atoms. The molecule has 0 saturated heterocycles. The maximum Gasteiger partial charge on any atom is 0.286 e. The zero-order valence-electron chi connectivity index (χ0n) is 15.1. The Labute approximate surface area is 155 Å². The van der Waals surface area contributed by atoms with Crippen LogP contribution in [-0.2, 0) is 11.2 Å². The van der Waals surface area contributed by atoms with Gasteiger partial charge in [-0.3, -0.25) is 19.7 Å². The summed E-state index contributed by atoms with van der Waals surface area (Å²) < 4.78 is 10.2. The van der Waals surface area contributed by atoms with Crippen LogP contribution >= 0.6 is 0 Å². The fourth-order valence-corrected chi connectivity index (χ4v) is 2.38. The van der Waals surface area contributed by atoms with Gasteiger partial charge in [0.15, 0.2) is 11.5 Å². The highest BCUT2D eigenvalue weighted by Gasteiger charge is 2.24. The Morgan fingerprint density at radius 3 is 2.19 bits per heavy atom. The molecule has 0 saturated carbocycles. The number of benzene rings is 2. The van der Waals surface area contributed by atoms with Crippen LogP contribution in [0.5, 0.6) is 11.5 Å². The van der Waals surface area contributed by atoms with Crippen molar-refractivity contribution in [2.45, 2.75) is 6.42 Å². The first-order valence-corrected chi connectivity index (χ1v) is 7.90. The molecule has 2 aromatic carbocycles. The highest BCUT2D eigenvalue weighted by atomic mass is 16.6. The van der Waals surface area contributed by atoms with Crippen LogP contribution < -0.4 is 20.1 Å². The van der Waals surface area contributed by atoms with E-state index < -0.39 is 16.5 Å². The maximum atomic E-state index is 12.5. The molecule has 2 rings (SSSR count). The number of amides is 2. The molecule has 0 heterocycles. The lowest BCUT2D eigenvalue weighted by molar-refractivity contribution is -0.385. The third kappa shape index (κ3) is 4.72. The number of methoxy groups -OCH3 is 2. The molecule has 0 spiro atoms. The van der Waals surface area contributed by atoms with Crippen LogP contribution in [0.1, 0.15) is 15.9 Å². The van der Waals surface area contributed by atoms with Crippen LogP contribution in [0, 0.1) is 10.1 Å². The zero-order chi connectivity index (χ0) is 20.0. The summed E-state index contributed by atoms with van der Waals surface area (Å²) in [7, 11) is 4.27. The van der Waals surface area contributed by atoms with Crippen molar-refractivity contribution in [3.63, 3.8) is 0 Å². The van der Waals surface area contributed by atoms with Crippen molar-refractivity contribution in [3.8, 4) is 11.5 Å². The van der Waals surface area contributed by atoms with Crippen molar-refractivity contribution in [1.82, 2.24) is 5.32 Å². The summed E-state index contributed by atoms with van der Waals surface area (Å²) >= 11 is 0. The monoisotopic (exact) mass is 373 g/mol. The normalized spacial score (nSPS) is 10.0. The van der Waals surface area contributed by atoms with Crippen molar-refractivity contribution < 1.29 is 24.0 Å².